The highest BCUT2D eigenvalue weighted by Gasteiger charge is 2.58. The van der Waals surface area contributed by atoms with E-state index in [9.17, 15) is 18.0 Å². The first-order valence-corrected chi connectivity index (χ1v) is 13.6. The van der Waals surface area contributed by atoms with Crippen LogP contribution in [-0.4, -0.2) is 30.9 Å². The maximum Gasteiger partial charge on any atom is 0.324 e. The first kappa shape index (κ1) is 24.8. The lowest BCUT2D eigenvalue weighted by molar-refractivity contribution is -0.156. The van der Waals surface area contributed by atoms with Gasteiger partial charge < -0.3 is 9.47 Å². The molecule has 1 aliphatic rings. The van der Waals surface area contributed by atoms with E-state index in [0.29, 0.717) is 22.0 Å². The second kappa shape index (κ2) is 9.19. The molecule has 2 heterocycles. The number of carbonyl (C=O) groups is 2. The highest BCUT2D eigenvalue weighted by Crippen LogP contribution is 2.54. The summed E-state index contributed by atoms with van der Waals surface area (Å²) in [4.78, 5) is 27.6. The van der Waals surface area contributed by atoms with Crippen LogP contribution >= 0.6 is 0 Å². The molecule has 0 unspecified atom stereocenters. The second-order valence-corrected chi connectivity index (χ2v) is 10.9. The minimum atomic E-state index is -4.19. The Kier molecular flexibility index (Phi) is 6.15. The number of para-hydroxylation sites is 1. The lowest BCUT2D eigenvalue weighted by Crippen LogP contribution is -2.50. The van der Waals surface area contributed by atoms with Gasteiger partial charge >= 0.3 is 11.9 Å². The van der Waals surface area contributed by atoms with Crippen LogP contribution in [0.2, 0.25) is 0 Å². The molecule has 4 aromatic rings. The summed E-state index contributed by atoms with van der Waals surface area (Å²) in [7, 11) is -4.19. The smallest absolute Gasteiger partial charge is 0.324 e. The van der Waals surface area contributed by atoms with Gasteiger partial charge in [0.1, 0.15) is 11.3 Å². The molecule has 3 aromatic carbocycles. The van der Waals surface area contributed by atoms with Crippen molar-refractivity contribution in [3.63, 3.8) is 0 Å². The van der Waals surface area contributed by atoms with E-state index in [2.05, 4.69) is 0 Å². The Bertz CT molecular complexity index is 1610. The van der Waals surface area contributed by atoms with E-state index in [-0.39, 0.29) is 23.8 Å². The first-order chi connectivity index (χ1) is 17.8. The van der Waals surface area contributed by atoms with Gasteiger partial charge in [-0.1, -0.05) is 73.2 Å². The third kappa shape index (κ3) is 3.66. The Morgan fingerprint density at radius 2 is 1.62 bits per heavy atom. The number of fused-ring (bicyclic) bond motifs is 3. The monoisotopic (exact) mass is 517 g/mol. The molecule has 37 heavy (non-hydrogen) atoms. The Hall–Kier alpha value is -3.91. The predicted molar refractivity (Wildman–Crippen MR) is 139 cm³/mol. The Morgan fingerprint density at radius 1 is 0.973 bits per heavy atom. The molecule has 190 valence electrons. The zero-order chi connectivity index (χ0) is 26.4. The van der Waals surface area contributed by atoms with E-state index in [1.165, 1.54) is 12.1 Å². The molecule has 0 aliphatic carbocycles. The van der Waals surface area contributed by atoms with Crippen molar-refractivity contribution in [3.05, 3.63) is 95.6 Å². The summed E-state index contributed by atoms with van der Waals surface area (Å²) in [5, 5.41) is 0.507. The quantitative estimate of drug-likeness (QED) is 0.331. The number of nitrogens with zero attached hydrogens (tertiary/aromatic N) is 1. The van der Waals surface area contributed by atoms with Gasteiger partial charge in [0.15, 0.2) is 0 Å². The fraction of sp³-hybridized carbons (Fsp3) is 0.241. The highest BCUT2D eigenvalue weighted by atomic mass is 32.2. The molecular formula is C29H27NO6S. The van der Waals surface area contributed by atoms with Crippen molar-refractivity contribution in [1.82, 2.24) is 3.97 Å². The molecule has 0 N–H and O–H groups in total. The van der Waals surface area contributed by atoms with E-state index >= 15 is 0 Å². The van der Waals surface area contributed by atoms with Gasteiger partial charge in [0, 0.05) is 10.9 Å². The SMILES string of the molecule is CCOC(=O)[C@@H]1c2c(n(S(=O)(=O)c3ccc(C)cc3)c3ccccc23)OC(=O)[C@]1(CC)c1ccccc1. The molecule has 0 spiro atoms. The van der Waals surface area contributed by atoms with E-state index in [4.69, 9.17) is 9.47 Å². The molecule has 0 fully saturated rings. The molecule has 7 nitrogen and oxygen atoms in total. The topological polar surface area (TPSA) is 91.7 Å². The molecular weight excluding hydrogens is 490 g/mol. The van der Waals surface area contributed by atoms with E-state index in [1.54, 1.807) is 67.6 Å². The summed E-state index contributed by atoms with van der Waals surface area (Å²) in [5.74, 6) is -2.60. The number of aryl methyl sites for hydroxylation is 1. The maximum absolute atomic E-state index is 14.0. The van der Waals surface area contributed by atoms with Gasteiger partial charge in [-0.05, 0) is 44.0 Å². The van der Waals surface area contributed by atoms with Crippen molar-refractivity contribution in [1.29, 1.82) is 0 Å². The normalized spacial score (nSPS) is 19.3. The van der Waals surface area contributed by atoms with Crippen molar-refractivity contribution in [2.24, 2.45) is 0 Å². The minimum absolute atomic E-state index is 0.0424. The molecule has 0 bridgehead atoms. The molecule has 1 aliphatic heterocycles. The zero-order valence-corrected chi connectivity index (χ0v) is 21.6. The van der Waals surface area contributed by atoms with Crippen LogP contribution in [0.25, 0.3) is 10.9 Å². The summed E-state index contributed by atoms with van der Waals surface area (Å²) in [6, 6.07) is 22.3. The molecule has 5 rings (SSSR count). The summed E-state index contributed by atoms with van der Waals surface area (Å²) in [5.41, 5.74) is 0.751. The van der Waals surface area contributed by atoms with E-state index in [1.807, 2.05) is 19.9 Å². The van der Waals surface area contributed by atoms with Crippen molar-refractivity contribution < 1.29 is 27.5 Å². The number of hydrogen-bond acceptors (Lipinski definition) is 6. The van der Waals surface area contributed by atoms with Gasteiger partial charge in [-0.3, -0.25) is 9.59 Å². The summed E-state index contributed by atoms with van der Waals surface area (Å²) >= 11 is 0. The van der Waals surface area contributed by atoms with Gasteiger partial charge in [0.05, 0.1) is 17.0 Å². The van der Waals surface area contributed by atoms with Gasteiger partial charge in [-0.15, -0.1) is 0 Å². The molecule has 0 saturated carbocycles. The van der Waals surface area contributed by atoms with E-state index < -0.39 is 33.3 Å². The maximum atomic E-state index is 14.0. The number of ether oxygens (including phenoxy) is 2. The number of benzene rings is 3. The first-order valence-electron chi connectivity index (χ1n) is 12.2. The standard InChI is InChI=1S/C29H27NO6S/c1-4-29(20-11-7-6-8-12-20)25(27(31)35-5-2)24-22-13-9-10-14-23(22)30(26(24)36-28(29)32)37(33,34)21-17-15-19(3)16-18-21/h6-18,25H,4-5H2,1-3H3/t25-,29+/m0/s1. The second-order valence-electron chi connectivity index (χ2n) is 9.08. The van der Waals surface area contributed by atoms with Crippen LogP contribution in [0.15, 0.2) is 83.8 Å². The molecule has 8 heteroatoms. The van der Waals surface area contributed by atoms with Crippen LogP contribution in [-0.2, 0) is 29.8 Å². The average molecular weight is 518 g/mol. The number of rotatable bonds is 6. The van der Waals surface area contributed by atoms with Crippen LogP contribution in [0.4, 0.5) is 0 Å². The third-order valence-electron chi connectivity index (χ3n) is 7.09. The van der Waals surface area contributed by atoms with Gasteiger partial charge in [-0.2, -0.15) is 0 Å². The molecule has 1 aromatic heterocycles. The van der Waals surface area contributed by atoms with Crippen LogP contribution in [0, 0.1) is 6.92 Å². The molecule has 2 atom stereocenters. The molecule has 0 amide bonds. The van der Waals surface area contributed by atoms with Gasteiger partial charge in [-0.25, -0.2) is 12.4 Å². The van der Waals surface area contributed by atoms with Crippen LogP contribution < -0.4 is 4.74 Å². The van der Waals surface area contributed by atoms with Gasteiger partial charge in [0.25, 0.3) is 10.0 Å². The largest absolute Gasteiger partial charge is 0.465 e. The van der Waals surface area contributed by atoms with Crippen molar-refractivity contribution in [3.8, 4) is 5.88 Å². The fourth-order valence-electron chi connectivity index (χ4n) is 5.30. The average Bonchev–Trinajstić information content (AvgIpc) is 3.22. The van der Waals surface area contributed by atoms with Gasteiger partial charge in [0.2, 0.25) is 5.88 Å². The number of aromatic nitrogens is 1. The van der Waals surface area contributed by atoms with Crippen molar-refractivity contribution in [2.75, 3.05) is 6.61 Å². The Labute approximate surface area is 215 Å². The minimum Gasteiger partial charge on any atom is -0.465 e. The summed E-state index contributed by atoms with van der Waals surface area (Å²) in [6.07, 6.45) is 0.239. The lowest BCUT2D eigenvalue weighted by atomic mass is 9.64. The van der Waals surface area contributed by atoms with E-state index in [0.717, 1.165) is 9.54 Å². The highest BCUT2D eigenvalue weighted by molar-refractivity contribution is 7.90. The Balaban J connectivity index is 1.88. The summed E-state index contributed by atoms with van der Waals surface area (Å²) < 4.78 is 40.4. The van der Waals surface area contributed by atoms with Crippen molar-refractivity contribution >= 4 is 32.9 Å². The van der Waals surface area contributed by atoms with Crippen LogP contribution in [0.3, 0.4) is 0 Å². The van der Waals surface area contributed by atoms with Crippen LogP contribution in [0.5, 0.6) is 5.88 Å². The van der Waals surface area contributed by atoms with Crippen LogP contribution in [0.1, 0.15) is 42.9 Å². The van der Waals surface area contributed by atoms with Crippen molar-refractivity contribution in [2.45, 2.75) is 43.4 Å². The number of carbonyl (C=O) groups excluding carboxylic acids is 2. The zero-order valence-electron chi connectivity index (χ0n) is 20.8. The Morgan fingerprint density at radius 3 is 2.27 bits per heavy atom. The number of esters is 2. The molecule has 0 saturated heterocycles. The number of hydrogen-bond donors (Lipinski definition) is 0. The molecule has 0 radical (unpaired) electrons. The lowest BCUT2D eigenvalue weighted by Gasteiger charge is -2.40. The fourth-order valence-corrected chi connectivity index (χ4v) is 6.77. The summed E-state index contributed by atoms with van der Waals surface area (Å²) in [6.45, 7) is 5.48. The predicted octanol–water partition coefficient (Wildman–Crippen LogP) is 5.10. The third-order valence-corrected chi connectivity index (χ3v) is 8.80.